The number of halogens is 1. The van der Waals surface area contributed by atoms with E-state index in [9.17, 15) is 9.18 Å². The van der Waals surface area contributed by atoms with E-state index in [0.717, 1.165) is 12.1 Å². The van der Waals surface area contributed by atoms with E-state index in [2.05, 4.69) is 4.90 Å². The van der Waals surface area contributed by atoms with Gasteiger partial charge < -0.3 is 10.6 Å². The number of carbonyl (C=O) groups is 1. The molecule has 0 atom stereocenters. The molecular formula is C14H20FN3O. The van der Waals surface area contributed by atoms with Crippen molar-refractivity contribution in [1.82, 2.24) is 9.80 Å². The number of amides is 1. The minimum Gasteiger partial charge on any atom is -0.399 e. The van der Waals surface area contributed by atoms with Crippen molar-refractivity contribution in [2.45, 2.75) is 25.9 Å². The van der Waals surface area contributed by atoms with Crippen molar-refractivity contribution in [2.24, 2.45) is 0 Å². The fourth-order valence-corrected chi connectivity index (χ4v) is 2.52. The SMILES string of the molecule is CN1CCN(Cc2cc(N)cc(F)c2)C(C)(C)C1=O. The Morgan fingerprint density at radius 1 is 1.32 bits per heavy atom. The van der Waals surface area contributed by atoms with E-state index in [0.29, 0.717) is 18.8 Å². The molecule has 4 nitrogen and oxygen atoms in total. The number of anilines is 1. The number of rotatable bonds is 2. The highest BCUT2D eigenvalue weighted by atomic mass is 19.1. The predicted molar refractivity (Wildman–Crippen MR) is 72.9 cm³/mol. The fraction of sp³-hybridized carbons (Fsp3) is 0.500. The van der Waals surface area contributed by atoms with Crippen LogP contribution < -0.4 is 5.73 Å². The van der Waals surface area contributed by atoms with E-state index in [4.69, 9.17) is 5.73 Å². The summed E-state index contributed by atoms with van der Waals surface area (Å²) >= 11 is 0. The first kappa shape index (κ1) is 13.8. The number of hydrogen-bond acceptors (Lipinski definition) is 3. The molecule has 0 aliphatic carbocycles. The molecule has 2 N–H and O–H groups in total. The highest BCUT2D eigenvalue weighted by Crippen LogP contribution is 2.24. The molecule has 5 heteroatoms. The minimum absolute atomic E-state index is 0.0862. The molecule has 2 rings (SSSR count). The summed E-state index contributed by atoms with van der Waals surface area (Å²) in [6.45, 7) is 5.77. The van der Waals surface area contributed by atoms with Crippen molar-refractivity contribution >= 4 is 11.6 Å². The Kier molecular flexibility index (Phi) is 3.49. The topological polar surface area (TPSA) is 49.6 Å². The average molecular weight is 265 g/mol. The zero-order chi connectivity index (χ0) is 14.2. The average Bonchev–Trinajstić information content (AvgIpc) is 2.29. The quantitative estimate of drug-likeness (QED) is 0.824. The summed E-state index contributed by atoms with van der Waals surface area (Å²) in [5, 5.41) is 0. The number of benzene rings is 1. The van der Waals surface area contributed by atoms with Crippen molar-refractivity contribution in [3.63, 3.8) is 0 Å². The summed E-state index contributed by atoms with van der Waals surface area (Å²) in [6.07, 6.45) is 0. The third kappa shape index (κ3) is 2.71. The van der Waals surface area contributed by atoms with Crippen molar-refractivity contribution in [3.8, 4) is 0 Å². The lowest BCUT2D eigenvalue weighted by Crippen LogP contribution is -2.61. The Bertz CT molecular complexity index is 481. The third-order valence-corrected chi connectivity index (χ3v) is 3.72. The van der Waals surface area contributed by atoms with Crippen LogP contribution in [0.25, 0.3) is 0 Å². The van der Waals surface area contributed by atoms with Gasteiger partial charge in [-0.3, -0.25) is 9.69 Å². The molecule has 0 radical (unpaired) electrons. The van der Waals surface area contributed by atoms with Gasteiger partial charge in [0.2, 0.25) is 5.91 Å². The number of carbonyl (C=O) groups excluding carboxylic acids is 1. The lowest BCUT2D eigenvalue weighted by molar-refractivity contribution is -0.147. The maximum atomic E-state index is 13.3. The van der Waals surface area contributed by atoms with Gasteiger partial charge in [-0.1, -0.05) is 0 Å². The first-order valence-corrected chi connectivity index (χ1v) is 6.36. The van der Waals surface area contributed by atoms with Crippen LogP contribution in [0.2, 0.25) is 0 Å². The van der Waals surface area contributed by atoms with Gasteiger partial charge in [0.05, 0.1) is 5.54 Å². The van der Waals surface area contributed by atoms with Crippen molar-refractivity contribution in [2.75, 3.05) is 25.9 Å². The van der Waals surface area contributed by atoms with Gasteiger partial charge in [-0.25, -0.2) is 4.39 Å². The van der Waals surface area contributed by atoms with E-state index in [1.54, 1.807) is 11.0 Å². The maximum absolute atomic E-state index is 13.3. The van der Waals surface area contributed by atoms with Crippen LogP contribution in [0, 0.1) is 5.82 Å². The summed E-state index contributed by atoms with van der Waals surface area (Å²) in [4.78, 5) is 16.0. The van der Waals surface area contributed by atoms with Crippen LogP contribution in [0.15, 0.2) is 18.2 Å². The van der Waals surface area contributed by atoms with Gasteiger partial charge in [0.1, 0.15) is 5.82 Å². The second kappa shape index (κ2) is 4.81. The van der Waals surface area contributed by atoms with Crippen LogP contribution in [-0.4, -0.2) is 41.4 Å². The van der Waals surface area contributed by atoms with Crippen LogP contribution in [0.4, 0.5) is 10.1 Å². The zero-order valence-electron chi connectivity index (χ0n) is 11.6. The molecule has 0 spiro atoms. The number of likely N-dealkylation sites (N-methyl/N-ethyl adjacent to an activating group) is 1. The number of nitrogens with two attached hydrogens (primary N) is 1. The van der Waals surface area contributed by atoms with Gasteiger partial charge in [0.15, 0.2) is 0 Å². The van der Waals surface area contributed by atoms with Crippen LogP contribution in [0.3, 0.4) is 0 Å². The number of nitrogen functional groups attached to an aromatic ring is 1. The molecule has 0 unspecified atom stereocenters. The predicted octanol–water partition coefficient (Wildman–Crippen LogP) is 1.46. The molecule has 0 bridgehead atoms. The molecule has 1 aliphatic heterocycles. The second-order valence-corrected chi connectivity index (χ2v) is 5.60. The monoisotopic (exact) mass is 265 g/mol. The maximum Gasteiger partial charge on any atom is 0.242 e. The molecule has 1 saturated heterocycles. The van der Waals surface area contributed by atoms with E-state index in [1.165, 1.54) is 12.1 Å². The summed E-state index contributed by atoms with van der Waals surface area (Å²) in [5.41, 5.74) is 6.28. The number of hydrogen-bond donors (Lipinski definition) is 1. The second-order valence-electron chi connectivity index (χ2n) is 5.60. The molecule has 1 aliphatic rings. The molecular weight excluding hydrogens is 245 g/mol. The molecule has 1 fully saturated rings. The van der Waals surface area contributed by atoms with Crippen LogP contribution in [0.5, 0.6) is 0 Å². The summed E-state index contributed by atoms with van der Waals surface area (Å²) in [7, 11) is 1.81. The van der Waals surface area contributed by atoms with Gasteiger partial charge in [-0.05, 0) is 37.6 Å². The zero-order valence-corrected chi connectivity index (χ0v) is 11.6. The Morgan fingerprint density at radius 2 is 2.00 bits per heavy atom. The first-order valence-electron chi connectivity index (χ1n) is 6.36. The third-order valence-electron chi connectivity index (χ3n) is 3.72. The Labute approximate surface area is 113 Å². The van der Waals surface area contributed by atoms with E-state index < -0.39 is 5.54 Å². The molecule has 0 aromatic heterocycles. The first-order chi connectivity index (χ1) is 8.80. The number of nitrogens with zero attached hydrogens (tertiary/aromatic N) is 2. The van der Waals surface area contributed by atoms with Crippen molar-refractivity contribution in [3.05, 3.63) is 29.6 Å². The van der Waals surface area contributed by atoms with E-state index in [-0.39, 0.29) is 11.7 Å². The van der Waals surface area contributed by atoms with Crippen LogP contribution in [0.1, 0.15) is 19.4 Å². The number of piperazine rings is 1. The smallest absolute Gasteiger partial charge is 0.242 e. The molecule has 1 aromatic carbocycles. The van der Waals surface area contributed by atoms with Gasteiger partial charge in [0.25, 0.3) is 0 Å². The highest BCUT2D eigenvalue weighted by molar-refractivity contribution is 5.86. The summed E-state index contributed by atoms with van der Waals surface area (Å²) in [5.74, 6) is -0.253. The lowest BCUT2D eigenvalue weighted by Gasteiger charge is -2.44. The fourth-order valence-electron chi connectivity index (χ4n) is 2.52. The molecule has 1 aromatic rings. The highest BCUT2D eigenvalue weighted by Gasteiger charge is 2.40. The molecule has 1 amide bonds. The van der Waals surface area contributed by atoms with Crippen molar-refractivity contribution in [1.29, 1.82) is 0 Å². The van der Waals surface area contributed by atoms with Crippen molar-refractivity contribution < 1.29 is 9.18 Å². The van der Waals surface area contributed by atoms with E-state index >= 15 is 0 Å². The summed E-state index contributed by atoms with van der Waals surface area (Å²) in [6, 6.07) is 4.51. The van der Waals surface area contributed by atoms with Gasteiger partial charge in [-0.2, -0.15) is 0 Å². The van der Waals surface area contributed by atoms with Gasteiger partial charge >= 0.3 is 0 Å². The molecule has 0 saturated carbocycles. The summed E-state index contributed by atoms with van der Waals surface area (Å²) < 4.78 is 13.3. The Morgan fingerprint density at radius 3 is 2.63 bits per heavy atom. The molecule has 1 heterocycles. The lowest BCUT2D eigenvalue weighted by atomic mass is 9.97. The Balaban J connectivity index is 2.20. The normalized spacial score (nSPS) is 19.8. The minimum atomic E-state index is -0.575. The van der Waals surface area contributed by atoms with Crippen LogP contribution in [-0.2, 0) is 11.3 Å². The van der Waals surface area contributed by atoms with Gasteiger partial charge in [0, 0.05) is 32.4 Å². The Hall–Kier alpha value is -1.62. The molecule has 19 heavy (non-hydrogen) atoms. The van der Waals surface area contributed by atoms with Gasteiger partial charge in [-0.15, -0.1) is 0 Å². The molecule has 104 valence electrons. The standard InChI is InChI=1S/C14H20FN3O/c1-14(2)13(19)17(3)4-5-18(14)9-10-6-11(15)8-12(16)7-10/h6-8H,4-5,9,16H2,1-3H3. The largest absolute Gasteiger partial charge is 0.399 e. The van der Waals surface area contributed by atoms with Crippen LogP contribution >= 0.6 is 0 Å². The van der Waals surface area contributed by atoms with E-state index in [1.807, 2.05) is 20.9 Å².